The van der Waals surface area contributed by atoms with Crippen LogP contribution in [0.1, 0.15) is 16.2 Å². The van der Waals surface area contributed by atoms with Gasteiger partial charge >= 0.3 is 0 Å². The van der Waals surface area contributed by atoms with Crippen LogP contribution >= 0.6 is 11.3 Å². The third-order valence-electron chi connectivity index (χ3n) is 5.43. The predicted molar refractivity (Wildman–Crippen MR) is 119 cm³/mol. The molecule has 0 N–H and O–H groups in total. The van der Waals surface area contributed by atoms with Gasteiger partial charge in [-0.2, -0.15) is 0 Å². The van der Waals surface area contributed by atoms with E-state index in [9.17, 15) is 4.79 Å². The Hall–Kier alpha value is -3.43. The molecule has 0 saturated carbocycles. The minimum atomic E-state index is -0.123. The number of piperazine rings is 1. The van der Waals surface area contributed by atoms with Crippen molar-refractivity contribution in [2.75, 3.05) is 33.3 Å². The maximum Gasteiger partial charge on any atom is 0.276 e. The van der Waals surface area contributed by atoms with Crippen molar-refractivity contribution in [3.8, 4) is 27.8 Å². The normalized spacial score (nSPS) is 14.6. The molecular formula is C23H22N4O4S. The number of furan rings is 1. The molecule has 4 heterocycles. The molecule has 0 bridgehead atoms. The van der Waals surface area contributed by atoms with Gasteiger partial charge < -0.3 is 18.6 Å². The number of rotatable bonds is 6. The second-order valence-corrected chi connectivity index (χ2v) is 8.35. The Kier molecular flexibility index (Phi) is 5.74. The van der Waals surface area contributed by atoms with Gasteiger partial charge in [-0.05, 0) is 36.4 Å². The van der Waals surface area contributed by atoms with E-state index in [-0.39, 0.29) is 5.91 Å². The number of methoxy groups -OCH3 is 1. The summed E-state index contributed by atoms with van der Waals surface area (Å²) in [7, 11) is 1.66. The SMILES string of the molecule is COc1ccc(-c2nc(CN3CCN(C(=O)c4cc(-c5ccco5)on4)CC3)cs2)cc1. The first kappa shape index (κ1) is 20.5. The highest BCUT2D eigenvalue weighted by Gasteiger charge is 2.25. The Balaban J connectivity index is 1.16. The highest BCUT2D eigenvalue weighted by Crippen LogP contribution is 2.26. The fourth-order valence-corrected chi connectivity index (χ4v) is 4.47. The van der Waals surface area contributed by atoms with Gasteiger partial charge in [0.05, 0.1) is 19.1 Å². The summed E-state index contributed by atoms with van der Waals surface area (Å²) in [6.45, 7) is 3.60. The molecular weight excluding hydrogens is 428 g/mol. The van der Waals surface area contributed by atoms with Crippen molar-refractivity contribution in [1.29, 1.82) is 0 Å². The van der Waals surface area contributed by atoms with Crippen molar-refractivity contribution >= 4 is 17.2 Å². The van der Waals surface area contributed by atoms with Crippen LogP contribution in [0.3, 0.4) is 0 Å². The predicted octanol–water partition coefficient (Wildman–Crippen LogP) is 4.02. The molecule has 1 fully saturated rings. The lowest BCUT2D eigenvalue weighted by atomic mass is 10.2. The lowest BCUT2D eigenvalue weighted by molar-refractivity contribution is 0.0617. The van der Waals surface area contributed by atoms with Crippen molar-refractivity contribution < 1.29 is 18.5 Å². The van der Waals surface area contributed by atoms with Crippen LogP contribution < -0.4 is 4.74 Å². The Bertz CT molecular complexity index is 1180. The molecule has 0 aliphatic carbocycles. The van der Waals surface area contributed by atoms with Gasteiger partial charge in [-0.15, -0.1) is 11.3 Å². The van der Waals surface area contributed by atoms with E-state index in [2.05, 4.69) is 15.4 Å². The summed E-state index contributed by atoms with van der Waals surface area (Å²) in [5.41, 5.74) is 2.42. The summed E-state index contributed by atoms with van der Waals surface area (Å²) >= 11 is 1.64. The van der Waals surface area contributed by atoms with Crippen LogP contribution in [0.2, 0.25) is 0 Å². The van der Waals surface area contributed by atoms with Crippen LogP contribution in [0.5, 0.6) is 5.75 Å². The smallest absolute Gasteiger partial charge is 0.276 e. The molecule has 0 spiro atoms. The standard InChI is InChI=1S/C23H22N4O4S/c1-29-18-6-4-16(5-7-18)22-24-17(15-32-22)14-26-8-10-27(11-9-26)23(28)19-13-21(31-25-19)20-3-2-12-30-20/h2-7,12-13,15H,8-11,14H2,1H3. The second kappa shape index (κ2) is 8.97. The molecule has 1 amide bonds. The fraction of sp³-hybridized carbons (Fsp3) is 0.261. The van der Waals surface area contributed by atoms with Crippen molar-refractivity contribution in [3.63, 3.8) is 0 Å². The summed E-state index contributed by atoms with van der Waals surface area (Å²) in [4.78, 5) is 21.7. The molecule has 9 heteroatoms. The topological polar surface area (TPSA) is 84.8 Å². The molecule has 5 rings (SSSR count). The highest BCUT2D eigenvalue weighted by molar-refractivity contribution is 7.13. The van der Waals surface area contributed by atoms with Crippen LogP contribution in [0.25, 0.3) is 22.1 Å². The third kappa shape index (κ3) is 4.30. The van der Waals surface area contributed by atoms with Gasteiger partial charge in [-0.25, -0.2) is 4.98 Å². The quantitative estimate of drug-likeness (QED) is 0.439. The lowest BCUT2D eigenvalue weighted by Crippen LogP contribution is -2.48. The Morgan fingerprint density at radius 2 is 1.94 bits per heavy atom. The minimum absolute atomic E-state index is 0.123. The number of benzene rings is 1. The zero-order chi connectivity index (χ0) is 21.9. The van der Waals surface area contributed by atoms with Gasteiger partial charge in [0.1, 0.15) is 10.8 Å². The van der Waals surface area contributed by atoms with E-state index in [0.29, 0.717) is 30.3 Å². The number of amides is 1. The summed E-state index contributed by atoms with van der Waals surface area (Å²) in [5.74, 6) is 1.72. The van der Waals surface area contributed by atoms with Crippen LogP contribution in [0.15, 0.2) is 63.0 Å². The fourth-order valence-electron chi connectivity index (χ4n) is 3.66. The first-order valence-electron chi connectivity index (χ1n) is 10.3. The van der Waals surface area contributed by atoms with Crippen LogP contribution in [0.4, 0.5) is 0 Å². The maximum absolute atomic E-state index is 12.8. The van der Waals surface area contributed by atoms with Gasteiger partial charge in [0.15, 0.2) is 11.5 Å². The first-order chi connectivity index (χ1) is 15.7. The van der Waals surface area contributed by atoms with Crippen molar-refractivity contribution in [3.05, 3.63) is 65.5 Å². The molecule has 1 aromatic carbocycles. The number of ether oxygens (including phenoxy) is 1. The number of thiazole rings is 1. The second-order valence-electron chi connectivity index (χ2n) is 7.49. The Morgan fingerprint density at radius 1 is 1.12 bits per heavy atom. The van der Waals surface area contributed by atoms with Crippen LogP contribution in [-0.4, -0.2) is 59.1 Å². The minimum Gasteiger partial charge on any atom is -0.497 e. The van der Waals surface area contributed by atoms with E-state index >= 15 is 0 Å². The van der Waals surface area contributed by atoms with Crippen molar-refractivity contribution in [1.82, 2.24) is 19.9 Å². The molecule has 0 atom stereocenters. The van der Waals surface area contributed by atoms with Gasteiger partial charge in [0.2, 0.25) is 5.76 Å². The molecule has 1 aliphatic rings. The average molecular weight is 451 g/mol. The molecule has 32 heavy (non-hydrogen) atoms. The molecule has 3 aromatic heterocycles. The summed E-state index contributed by atoms with van der Waals surface area (Å²) in [6, 6.07) is 13.1. The molecule has 1 aliphatic heterocycles. The highest BCUT2D eigenvalue weighted by atomic mass is 32.1. The van der Waals surface area contributed by atoms with Crippen molar-refractivity contribution in [2.45, 2.75) is 6.54 Å². The van der Waals surface area contributed by atoms with Gasteiger partial charge in [-0.3, -0.25) is 9.69 Å². The van der Waals surface area contributed by atoms with Gasteiger partial charge in [-0.1, -0.05) is 5.16 Å². The summed E-state index contributed by atoms with van der Waals surface area (Å²) < 4.78 is 15.8. The van der Waals surface area contributed by atoms with E-state index in [1.54, 1.807) is 42.9 Å². The first-order valence-corrected chi connectivity index (χ1v) is 11.2. The maximum atomic E-state index is 12.8. The molecule has 164 valence electrons. The number of hydrogen-bond donors (Lipinski definition) is 0. The molecule has 0 radical (unpaired) electrons. The zero-order valence-corrected chi connectivity index (χ0v) is 18.4. The Labute approximate surface area is 189 Å². The average Bonchev–Trinajstić information content (AvgIpc) is 3.61. The summed E-state index contributed by atoms with van der Waals surface area (Å²) in [6.07, 6.45) is 1.56. The number of nitrogens with zero attached hydrogens (tertiary/aromatic N) is 4. The number of carbonyl (C=O) groups excluding carboxylic acids is 1. The van der Waals surface area contributed by atoms with Crippen molar-refractivity contribution in [2.24, 2.45) is 0 Å². The largest absolute Gasteiger partial charge is 0.497 e. The molecule has 4 aromatic rings. The van der Waals surface area contributed by atoms with E-state index in [1.807, 2.05) is 29.2 Å². The van der Waals surface area contributed by atoms with Crippen LogP contribution in [0, 0.1) is 0 Å². The molecule has 0 unspecified atom stereocenters. The van der Waals surface area contributed by atoms with Crippen LogP contribution in [-0.2, 0) is 6.54 Å². The monoisotopic (exact) mass is 450 g/mol. The molecule has 8 nitrogen and oxygen atoms in total. The lowest BCUT2D eigenvalue weighted by Gasteiger charge is -2.33. The van der Waals surface area contributed by atoms with Gasteiger partial charge in [0.25, 0.3) is 5.91 Å². The van der Waals surface area contributed by atoms with Gasteiger partial charge in [0, 0.05) is 49.7 Å². The summed E-state index contributed by atoms with van der Waals surface area (Å²) in [5, 5.41) is 7.02. The molecule has 1 saturated heterocycles. The van der Waals surface area contributed by atoms with E-state index in [4.69, 9.17) is 18.7 Å². The number of aromatic nitrogens is 2. The Morgan fingerprint density at radius 3 is 2.66 bits per heavy atom. The number of carbonyl (C=O) groups is 1. The number of hydrogen-bond acceptors (Lipinski definition) is 8. The third-order valence-corrected chi connectivity index (χ3v) is 6.37. The van der Waals surface area contributed by atoms with E-state index in [0.717, 1.165) is 41.6 Å². The zero-order valence-electron chi connectivity index (χ0n) is 17.6. The van der Waals surface area contributed by atoms with E-state index in [1.165, 1.54) is 0 Å². The van der Waals surface area contributed by atoms with E-state index < -0.39 is 0 Å².